The predicted molar refractivity (Wildman–Crippen MR) is 123 cm³/mol. The molecule has 1 aliphatic heterocycles. The van der Waals surface area contributed by atoms with Crippen LogP contribution in [0.4, 0.5) is 11.4 Å². The van der Waals surface area contributed by atoms with Gasteiger partial charge in [0.1, 0.15) is 0 Å². The Morgan fingerprint density at radius 3 is 2.45 bits per heavy atom. The summed E-state index contributed by atoms with van der Waals surface area (Å²) in [5.41, 5.74) is 2.66. The summed E-state index contributed by atoms with van der Waals surface area (Å²) in [6.07, 6.45) is 0.872. The number of non-ortho nitro benzene ring substituents is 1. The lowest BCUT2D eigenvalue weighted by molar-refractivity contribution is -0.384. The number of para-hydroxylation sites is 1. The molecule has 1 amide bonds. The zero-order chi connectivity index (χ0) is 23.2. The maximum atomic E-state index is 12.5. The minimum absolute atomic E-state index is 0.00556. The molecular formula is C23H26N6O4. The molecule has 0 radical (unpaired) electrons. The van der Waals surface area contributed by atoms with Gasteiger partial charge in [0.15, 0.2) is 0 Å². The highest BCUT2D eigenvalue weighted by Gasteiger charge is 2.21. The van der Waals surface area contributed by atoms with E-state index in [-0.39, 0.29) is 11.6 Å². The lowest BCUT2D eigenvalue weighted by Crippen LogP contribution is -2.48. The number of nitrogens with zero attached hydrogens (tertiary/aromatic N) is 5. The van der Waals surface area contributed by atoms with Crippen molar-refractivity contribution in [1.82, 2.24) is 20.0 Å². The molecule has 3 aromatic rings. The Labute approximate surface area is 191 Å². The SMILES string of the molecule is CCc1ccccc1NC(=O)CN1CCN(Cc2nnc(-c3ccc([N+](=O)[O-])cc3)o2)CC1. The van der Waals surface area contributed by atoms with Gasteiger partial charge in [-0.05, 0) is 30.2 Å². The Morgan fingerprint density at radius 1 is 1.06 bits per heavy atom. The lowest BCUT2D eigenvalue weighted by atomic mass is 10.1. The van der Waals surface area contributed by atoms with E-state index in [1.165, 1.54) is 12.1 Å². The van der Waals surface area contributed by atoms with E-state index in [0.29, 0.717) is 30.4 Å². The van der Waals surface area contributed by atoms with E-state index >= 15 is 0 Å². The number of nitro groups is 1. The van der Waals surface area contributed by atoms with Crippen LogP contribution in [0.25, 0.3) is 11.5 Å². The molecule has 4 rings (SSSR count). The summed E-state index contributed by atoms with van der Waals surface area (Å²) in [6.45, 7) is 6.06. The summed E-state index contributed by atoms with van der Waals surface area (Å²) >= 11 is 0. The highest BCUT2D eigenvalue weighted by molar-refractivity contribution is 5.93. The van der Waals surface area contributed by atoms with Crippen molar-refractivity contribution in [3.63, 3.8) is 0 Å². The Bertz CT molecular complexity index is 1110. The zero-order valence-electron chi connectivity index (χ0n) is 18.4. The predicted octanol–water partition coefficient (Wildman–Crippen LogP) is 2.96. The molecule has 0 bridgehead atoms. The zero-order valence-corrected chi connectivity index (χ0v) is 18.4. The molecule has 10 heteroatoms. The standard InChI is InChI=1S/C23H26N6O4/c1-2-17-5-3-4-6-20(17)24-21(30)15-27-11-13-28(14-12-27)16-22-25-26-23(33-22)18-7-9-19(10-8-18)29(31)32/h3-10H,2,11-16H2,1H3,(H,24,30). The number of nitrogens with one attached hydrogen (secondary N) is 1. The molecule has 0 spiro atoms. The van der Waals surface area contributed by atoms with Crippen LogP contribution in [0.3, 0.4) is 0 Å². The van der Waals surface area contributed by atoms with Gasteiger partial charge in [-0.25, -0.2) is 0 Å². The van der Waals surface area contributed by atoms with Crippen LogP contribution in [0.5, 0.6) is 0 Å². The number of anilines is 1. The molecule has 0 unspecified atom stereocenters. The van der Waals surface area contributed by atoms with Crippen LogP contribution < -0.4 is 5.32 Å². The molecule has 0 aliphatic carbocycles. The molecule has 10 nitrogen and oxygen atoms in total. The summed E-state index contributed by atoms with van der Waals surface area (Å²) in [5, 5.41) is 22.0. The summed E-state index contributed by atoms with van der Waals surface area (Å²) in [6, 6.07) is 13.9. The largest absolute Gasteiger partial charge is 0.419 e. The summed E-state index contributed by atoms with van der Waals surface area (Å²) in [5.74, 6) is 0.822. The van der Waals surface area contributed by atoms with E-state index in [1.807, 2.05) is 24.3 Å². The number of hydrogen-bond acceptors (Lipinski definition) is 8. The van der Waals surface area contributed by atoms with Gasteiger partial charge in [-0.1, -0.05) is 25.1 Å². The minimum Gasteiger partial charge on any atom is -0.419 e. The van der Waals surface area contributed by atoms with Gasteiger partial charge in [0, 0.05) is 49.6 Å². The van der Waals surface area contributed by atoms with Crippen LogP contribution in [0.2, 0.25) is 0 Å². The number of amides is 1. The van der Waals surface area contributed by atoms with E-state index in [9.17, 15) is 14.9 Å². The number of benzene rings is 2. The summed E-state index contributed by atoms with van der Waals surface area (Å²) in [4.78, 5) is 27.2. The van der Waals surface area contributed by atoms with Gasteiger partial charge in [0.25, 0.3) is 5.69 Å². The van der Waals surface area contributed by atoms with Crippen molar-refractivity contribution in [2.75, 3.05) is 38.0 Å². The van der Waals surface area contributed by atoms with Crippen LogP contribution >= 0.6 is 0 Å². The van der Waals surface area contributed by atoms with E-state index in [4.69, 9.17) is 4.42 Å². The van der Waals surface area contributed by atoms with Gasteiger partial charge in [-0.15, -0.1) is 10.2 Å². The van der Waals surface area contributed by atoms with E-state index in [0.717, 1.165) is 43.9 Å². The third-order valence-electron chi connectivity index (χ3n) is 5.66. The number of piperazine rings is 1. The average Bonchev–Trinajstić information content (AvgIpc) is 3.29. The lowest BCUT2D eigenvalue weighted by Gasteiger charge is -2.33. The normalized spacial score (nSPS) is 14.8. The van der Waals surface area contributed by atoms with Gasteiger partial charge < -0.3 is 9.73 Å². The average molecular weight is 450 g/mol. The van der Waals surface area contributed by atoms with Crippen molar-refractivity contribution < 1.29 is 14.1 Å². The van der Waals surface area contributed by atoms with Gasteiger partial charge in [0.05, 0.1) is 18.0 Å². The topological polar surface area (TPSA) is 118 Å². The number of hydrogen-bond donors (Lipinski definition) is 1. The molecule has 1 fully saturated rings. The van der Waals surface area contributed by atoms with Gasteiger partial charge in [0.2, 0.25) is 17.7 Å². The molecule has 2 aromatic carbocycles. The number of nitro benzene ring substituents is 1. The Kier molecular flexibility index (Phi) is 7.06. The van der Waals surface area contributed by atoms with Crippen LogP contribution in [0.15, 0.2) is 52.9 Å². The Hall–Kier alpha value is -3.63. The second-order valence-electron chi connectivity index (χ2n) is 7.92. The highest BCUT2D eigenvalue weighted by Crippen LogP contribution is 2.22. The first kappa shape index (κ1) is 22.6. The summed E-state index contributed by atoms with van der Waals surface area (Å²) in [7, 11) is 0. The van der Waals surface area contributed by atoms with Crippen molar-refractivity contribution in [2.45, 2.75) is 19.9 Å². The number of rotatable bonds is 8. The smallest absolute Gasteiger partial charge is 0.269 e. The Morgan fingerprint density at radius 2 is 1.76 bits per heavy atom. The van der Waals surface area contributed by atoms with Gasteiger partial charge in [-0.3, -0.25) is 24.7 Å². The van der Waals surface area contributed by atoms with E-state index in [2.05, 4.69) is 32.2 Å². The van der Waals surface area contributed by atoms with Crippen molar-refractivity contribution in [2.24, 2.45) is 0 Å². The monoisotopic (exact) mass is 450 g/mol. The van der Waals surface area contributed by atoms with Crippen molar-refractivity contribution in [3.05, 3.63) is 70.1 Å². The van der Waals surface area contributed by atoms with Crippen LogP contribution in [0, 0.1) is 10.1 Å². The molecule has 1 N–H and O–H groups in total. The molecule has 33 heavy (non-hydrogen) atoms. The molecule has 1 aliphatic rings. The third kappa shape index (κ3) is 5.79. The van der Waals surface area contributed by atoms with Gasteiger partial charge >= 0.3 is 0 Å². The quantitative estimate of drug-likeness (QED) is 0.411. The van der Waals surface area contributed by atoms with Crippen molar-refractivity contribution >= 4 is 17.3 Å². The maximum Gasteiger partial charge on any atom is 0.269 e. The second kappa shape index (κ2) is 10.3. The first-order valence-corrected chi connectivity index (χ1v) is 10.9. The van der Waals surface area contributed by atoms with Crippen LogP contribution in [0.1, 0.15) is 18.4 Å². The molecular weight excluding hydrogens is 424 g/mol. The third-order valence-corrected chi connectivity index (χ3v) is 5.66. The first-order valence-electron chi connectivity index (χ1n) is 10.9. The molecule has 1 saturated heterocycles. The summed E-state index contributed by atoms with van der Waals surface area (Å²) < 4.78 is 5.74. The van der Waals surface area contributed by atoms with Gasteiger partial charge in [-0.2, -0.15) is 0 Å². The minimum atomic E-state index is -0.448. The number of aryl methyl sites for hydroxylation is 1. The van der Waals surface area contributed by atoms with E-state index < -0.39 is 4.92 Å². The molecule has 0 atom stereocenters. The fourth-order valence-corrected chi connectivity index (χ4v) is 3.80. The van der Waals surface area contributed by atoms with Crippen molar-refractivity contribution in [3.8, 4) is 11.5 Å². The number of aromatic nitrogens is 2. The second-order valence-corrected chi connectivity index (χ2v) is 7.92. The molecule has 1 aromatic heterocycles. The van der Waals surface area contributed by atoms with Crippen molar-refractivity contribution in [1.29, 1.82) is 0 Å². The van der Waals surface area contributed by atoms with Crippen LogP contribution in [-0.2, 0) is 17.8 Å². The molecule has 2 heterocycles. The first-order chi connectivity index (χ1) is 16.0. The van der Waals surface area contributed by atoms with E-state index in [1.54, 1.807) is 12.1 Å². The fraction of sp³-hybridized carbons (Fsp3) is 0.348. The fourth-order valence-electron chi connectivity index (χ4n) is 3.80. The Balaban J connectivity index is 1.25. The molecule has 0 saturated carbocycles. The maximum absolute atomic E-state index is 12.5. The van der Waals surface area contributed by atoms with Crippen LogP contribution in [-0.4, -0.2) is 63.6 Å². The highest BCUT2D eigenvalue weighted by atomic mass is 16.6. The molecule has 172 valence electrons. The number of carbonyl (C=O) groups excluding carboxylic acids is 1. The number of carbonyl (C=O) groups is 1.